The number of nitrogens with zero attached hydrogens (tertiary/aromatic N) is 4. The topological polar surface area (TPSA) is 80.5 Å². The van der Waals surface area contributed by atoms with Gasteiger partial charge in [0.1, 0.15) is 28.7 Å². The fourth-order valence-electron chi connectivity index (χ4n) is 3.71. The van der Waals surface area contributed by atoms with Crippen molar-refractivity contribution in [2.24, 2.45) is 7.05 Å². The van der Waals surface area contributed by atoms with Crippen molar-refractivity contribution in [2.45, 2.75) is 38.4 Å². The van der Waals surface area contributed by atoms with Gasteiger partial charge in [0.2, 0.25) is 0 Å². The van der Waals surface area contributed by atoms with E-state index in [2.05, 4.69) is 10.1 Å². The molecular formula is C22H26N4O3S. The van der Waals surface area contributed by atoms with Crippen molar-refractivity contribution in [3.8, 4) is 5.75 Å². The van der Waals surface area contributed by atoms with Crippen LogP contribution in [0.3, 0.4) is 0 Å². The van der Waals surface area contributed by atoms with Gasteiger partial charge in [-0.15, -0.1) is 11.3 Å². The van der Waals surface area contributed by atoms with E-state index in [1.54, 1.807) is 28.9 Å². The summed E-state index contributed by atoms with van der Waals surface area (Å²) in [6, 6.07) is 11.4. The summed E-state index contributed by atoms with van der Waals surface area (Å²) in [4.78, 5) is 20.3. The average molecular weight is 427 g/mol. The predicted molar refractivity (Wildman–Crippen MR) is 114 cm³/mol. The normalized spacial score (nSPS) is 19.5. The third kappa shape index (κ3) is 4.24. The summed E-state index contributed by atoms with van der Waals surface area (Å²) in [5.74, 6) is 0.760. The first-order chi connectivity index (χ1) is 14.5. The Morgan fingerprint density at radius 2 is 2.03 bits per heavy atom. The molecule has 1 unspecified atom stereocenters. The largest absolute Gasteiger partial charge is 0.488 e. The molecule has 0 spiro atoms. The molecule has 0 bridgehead atoms. The molecule has 1 saturated heterocycles. The fourth-order valence-corrected chi connectivity index (χ4v) is 4.83. The molecule has 1 N–H and O–H groups in total. The molecule has 1 aromatic carbocycles. The summed E-state index contributed by atoms with van der Waals surface area (Å²) in [6.07, 6.45) is 3.38. The summed E-state index contributed by atoms with van der Waals surface area (Å²) in [5, 5.41) is 16.2. The highest BCUT2D eigenvalue weighted by Gasteiger charge is 2.36. The summed E-state index contributed by atoms with van der Waals surface area (Å²) in [6.45, 7) is 3.46. The van der Waals surface area contributed by atoms with Crippen LogP contribution in [0.4, 0.5) is 0 Å². The molecule has 8 heteroatoms. The van der Waals surface area contributed by atoms with Gasteiger partial charge in [-0.3, -0.25) is 9.48 Å². The molecule has 0 aliphatic carbocycles. The van der Waals surface area contributed by atoms with E-state index in [1.165, 1.54) is 11.3 Å². The van der Waals surface area contributed by atoms with E-state index >= 15 is 0 Å². The molecule has 1 amide bonds. The minimum Gasteiger partial charge on any atom is -0.488 e. The number of hydrogen-bond acceptors (Lipinski definition) is 6. The number of hydrogen-bond donors (Lipinski definition) is 1. The van der Waals surface area contributed by atoms with Crippen LogP contribution in [-0.4, -0.2) is 43.8 Å². The first kappa shape index (κ1) is 20.6. The van der Waals surface area contributed by atoms with E-state index in [0.717, 1.165) is 16.3 Å². The van der Waals surface area contributed by atoms with Crippen LogP contribution in [-0.2, 0) is 19.3 Å². The van der Waals surface area contributed by atoms with Crippen molar-refractivity contribution in [3.05, 3.63) is 63.9 Å². The van der Waals surface area contributed by atoms with E-state index in [-0.39, 0.29) is 5.91 Å². The molecule has 0 radical (unpaired) electrons. The molecule has 7 nitrogen and oxygen atoms in total. The smallest absolute Gasteiger partial charge is 0.272 e. The third-order valence-electron chi connectivity index (χ3n) is 5.54. The van der Waals surface area contributed by atoms with Crippen LogP contribution in [0.5, 0.6) is 5.75 Å². The van der Waals surface area contributed by atoms with E-state index in [9.17, 15) is 9.90 Å². The minimum atomic E-state index is -1.03. The van der Waals surface area contributed by atoms with Crippen molar-refractivity contribution >= 4 is 17.2 Å². The van der Waals surface area contributed by atoms with E-state index in [1.807, 2.05) is 37.3 Å². The predicted octanol–water partition coefficient (Wildman–Crippen LogP) is 3.28. The quantitative estimate of drug-likeness (QED) is 0.677. The zero-order chi connectivity index (χ0) is 21.1. The van der Waals surface area contributed by atoms with Crippen molar-refractivity contribution in [1.82, 2.24) is 19.7 Å². The number of amides is 1. The molecule has 158 valence electrons. The maximum atomic E-state index is 12.8. The van der Waals surface area contributed by atoms with Crippen LogP contribution in [0.25, 0.3) is 0 Å². The highest BCUT2D eigenvalue weighted by molar-refractivity contribution is 7.11. The summed E-state index contributed by atoms with van der Waals surface area (Å²) >= 11 is 1.50. The van der Waals surface area contributed by atoms with Gasteiger partial charge in [0, 0.05) is 32.8 Å². The Balaban J connectivity index is 1.45. The Morgan fingerprint density at radius 1 is 1.23 bits per heavy atom. The number of carbonyl (C=O) groups excluding carboxylic acids is 1. The Labute approximate surface area is 179 Å². The highest BCUT2D eigenvalue weighted by Crippen LogP contribution is 2.37. The lowest BCUT2D eigenvalue weighted by Crippen LogP contribution is -2.34. The van der Waals surface area contributed by atoms with E-state index in [4.69, 9.17) is 4.74 Å². The van der Waals surface area contributed by atoms with Gasteiger partial charge in [0.25, 0.3) is 5.91 Å². The zero-order valence-corrected chi connectivity index (χ0v) is 18.1. The van der Waals surface area contributed by atoms with Gasteiger partial charge in [-0.05, 0) is 38.0 Å². The lowest BCUT2D eigenvalue weighted by atomic mass is 9.96. The second-order valence-electron chi connectivity index (χ2n) is 7.65. The number of aliphatic hydroxyl groups is 1. The van der Waals surface area contributed by atoms with Gasteiger partial charge in [0.05, 0.1) is 10.6 Å². The van der Waals surface area contributed by atoms with Crippen molar-refractivity contribution in [2.75, 3.05) is 13.1 Å². The van der Waals surface area contributed by atoms with Gasteiger partial charge in [0.15, 0.2) is 0 Å². The average Bonchev–Trinajstić information content (AvgIpc) is 3.28. The molecule has 1 aliphatic rings. The van der Waals surface area contributed by atoms with Gasteiger partial charge in [-0.1, -0.05) is 18.2 Å². The molecule has 1 atom stereocenters. The van der Waals surface area contributed by atoms with Crippen LogP contribution in [0, 0.1) is 6.92 Å². The monoisotopic (exact) mass is 426 g/mol. The molecule has 30 heavy (non-hydrogen) atoms. The first-order valence-electron chi connectivity index (χ1n) is 10.1. The summed E-state index contributed by atoms with van der Waals surface area (Å²) < 4.78 is 7.45. The maximum absolute atomic E-state index is 12.8. The molecule has 4 rings (SSSR count). The Bertz CT molecular complexity index is 1020. The van der Waals surface area contributed by atoms with Crippen LogP contribution in [0.15, 0.2) is 42.6 Å². The van der Waals surface area contributed by atoms with Gasteiger partial charge in [-0.2, -0.15) is 5.10 Å². The van der Waals surface area contributed by atoms with Crippen molar-refractivity contribution in [3.63, 3.8) is 0 Å². The van der Waals surface area contributed by atoms with Crippen molar-refractivity contribution in [1.29, 1.82) is 0 Å². The number of ether oxygens (including phenoxy) is 1. The molecular weight excluding hydrogens is 400 g/mol. The lowest BCUT2D eigenvalue weighted by molar-refractivity contribution is 0.0209. The van der Waals surface area contributed by atoms with Gasteiger partial charge in [-0.25, -0.2) is 4.98 Å². The van der Waals surface area contributed by atoms with Crippen LogP contribution in [0.1, 0.15) is 45.3 Å². The highest BCUT2D eigenvalue weighted by atomic mass is 32.1. The van der Waals surface area contributed by atoms with Crippen LogP contribution >= 0.6 is 11.3 Å². The Hall–Kier alpha value is -2.71. The Kier molecular flexibility index (Phi) is 5.87. The standard InChI is InChI=1S/C22H26N4O3S/c1-16-19(15-29-17-7-4-3-5-8-17)30-21(24-16)22(28)10-6-13-26(14-11-22)20(27)18-9-12-23-25(18)2/h3-5,7-9,12,28H,6,10-11,13-15H2,1-2H3. The minimum absolute atomic E-state index is 0.0495. The molecule has 3 heterocycles. The molecule has 2 aromatic heterocycles. The third-order valence-corrected chi connectivity index (χ3v) is 6.87. The first-order valence-corrected chi connectivity index (χ1v) is 10.9. The number of aromatic nitrogens is 3. The number of likely N-dealkylation sites (tertiary alicyclic amines) is 1. The number of benzene rings is 1. The van der Waals surface area contributed by atoms with Crippen molar-refractivity contribution < 1.29 is 14.6 Å². The molecule has 3 aromatic rings. The van der Waals surface area contributed by atoms with Crippen LogP contribution in [0.2, 0.25) is 0 Å². The summed E-state index contributed by atoms with van der Waals surface area (Å²) in [5.41, 5.74) is 0.416. The second-order valence-corrected chi connectivity index (χ2v) is 8.73. The maximum Gasteiger partial charge on any atom is 0.272 e. The SMILES string of the molecule is Cc1nc(C2(O)CCCN(C(=O)c3ccnn3C)CC2)sc1COc1ccccc1. The van der Waals surface area contributed by atoms with E-state index < -0.39 is 5.60 Å². The number of aryl methyl sites for hydroxylation is 2. The number of thiazole rings is 1. The molecule has 0 saturated carbocycles. The van der Waals surface area contributed by atoms with Crippen LogP contribution < -0.4 is 4.74 Å². The molecule has 1 fully saturated rings. The Morgan fingerprint density at radius 3 is 2.77 bits per heavy atom. The van der Waals surface area contributed by atoms with Gasteiger partial charge < -0.3 is 14.7 Å². The molecule has 1 aliphatic heterocycles. The zero-order valence-electron chi connectivity index (χ0n) is 17.2. The number of carbonyl (C=O) groups is 1. The summed E-state index contributed by atoms with van der Waals surface area (Å²) in [7, 11) is 1.76. The number of rotatable bonds is 5. The lowest BCUT2D eigenvalue weighted by Gasteiger charge is -2.24. The van der Waals surface area contributed by atoms with Gasteiger partial charge >= 0.3 is 0 Å². The second kappa shape index (κ2) is 8.57. The van der Waals surface area contributed by atoms with E-state index in [0.29, 0.717) is 49.7 Å². The number of para-hydroxylation sites is 1. The fraction of sp³-hybridized carbons (Fsp3) is 0.409.